The summed E-state index contributed by atoms with van der Waals surface area (Å²) < 4.78 is 32.1. The highest BCUT2D eigenvalue weighted by molar-refractivity contribution is 7.89. The maximum Gasteiger partial charge on any atom is 0.249 e. The van der Waals surface area contributed by atoms with Gasteiger partial charge in [-0.05, 0) is 33.6 Å². The Labute approximate surface area is 143 Å². The van der Waals surface area contributed by atoms with Crippen LogP contribution >= 0.6 is 11.3 Å². The van der Waals surface area contributed by atoms with Crippen molar-refractivity contribution >= 4 is 32.4 Å². The Hall–Kier alpha value is -1.78. The van der Waals surface area contributed by atoms with Gasteiger partial charge in [0.15, 0.2) is 10.9 Å². The number of aryl methyl sites for hydroxylation is 3. The Morgan fingerprint density at radius 3 is 2.75 bits per heavy atom. The summed E-state index contributed by atoms with van der Waals surface area (Å²) in [6.45, 7) is 5.25. The molecule has 1 atom stereocenters. The van der Waals surface area contributed by atoms with Gasteiger partial charge in [-0.2, -0.15) is 4.31 Å². The Balaban J connectivity index is 1.86. The Morgan fingerprint density at radius 2 is 2.17 bits per heavy atom. The molecule has 1 aliphatic rings. The van der Waals surface area contributed by atoms with E-state index in [1.807, 2.05) is 12.3 Å². The lowest BCUT2D eigenvalue weighted by Gasteiger charge is -2.22. The van der Waals surface area contributed by atoms with Crippen LogP contribution in [-0.4, -0.2) is 41.4 Å². The number of sulfonamides is 1. The number of hydrogen-bond acceptors (Lipinski definition) is 7. The molecule has 1 N–H and O–H groups in total. The van der Waals surface area contributed by atoms with Crippen LogP contribution in [0.4, 0.5) is 5.13 Å². The molecule has 0 spiro atoms. The van der Waals surface area contributed by atoms with Crippen LogP contribution in [0.25, 0.3) is 0 Å². The van der Waals surface area contributed by atoms with E-state index in [1.165, 1.54) is 15.6 Å². The molecule has 0 radical (unpaired) electrons. The van der Waals surface area contributed by atoms with E-state index < -0.39 is 16.1 Å². The molecular formula is C14H18N4O4S2. The van der Waals surface area contributed by atoms with Crippen LogP contribution in [0, 0.1) is 20.8 Å². The van der Waals surface area contributed by atoms with E-state index in [9.17, 15) is 13.2 Å². The SMILES string of the molecule is Cc1csc(NC(=O)[C@@H]2CCCN2S(=O)(=O)c2c(C)noc2C)n1. The van der Waals surface area contributed by atoms with Gasteiger partial charge >= 0.3 is 0 Å². The van der Waals surface area contributed by atoms with Crippen molar-refractivity contribution in [3.05, 3.63) is 22.5 Å². The third kappa shape index (κ3) is 2.96. The van der Waals surface area contributed by atoms with Crippen LogP contribution in [0.1, 0.15) is 30.0 Å². The van der Waals surface area contributed by atoms with Crippen molar-refractivity contribution in [2.75, 3.05) is 11.9 Å². The number of anilines is 1. The molecule has 3 rings (SSSR count). The van der Waals surface area contributed by atoms with Gasteiger partial charge in [0.05, 0.1) is 5.69 Å². The maximum absolute atomic E-state index is 12.9. The molecule has 0 aromatic carbocycles. The molecule has 1 amide bonds. The number of nitrogens with one attached hydrogen (secondary N) is 1. The van der Waals surface area contributed by atoms with Gasteiger partial charge in [0, 0.05) is 11.9 Å². The second-order valence-corrected chi connectivity index (χ2v) is 8.40. The Kier molecular flexibility index (Phi) is 4.45. The third-order valence-corrected chi connectivity index (χ3v) is 6.92. The molecule has 130 valence electrons. The second kappa shape index (κ2) is 6.26. The summed E-state index contributed by atoms with van der Waals surface area (Å²) in [5.74, 6) is -0.133. The minimum absolute atomic E-state index is 0.0484. The van der Waals surface area contributed by atoms with Crippen LogP contribution in [-0.2, 0) is 14.8 Å². The predicted molar refractivity (Wildman–Crippen MR) is 88.4 cm³/mol. The number of amides is 1. The number of aromatic nitrogens is 2. The van der Waals surface area contributed by atoms with Gasteiger partial charge in [0.1, 0.15) is 16.6 Å². The first-order valence-corrected chi connectivity index (χ1v) is 9.80. The van der Waals surface area contributed by atoms with E-state index in [4.69, 9.17) is 4.52 Å². The van der Waals surface area contributed by atoms with E-state index in [0.717, 1.165) is 5.69 Å². The fraction of sp³-hybridized carbons (Fsp3) is 0.500. The topological polar surface area (TPSA) is 105 Å². The van der Waals surface area contributed by atoms with Gasteiger partial charge in [-0.1, -0.05) is 5.16 Å². The zero-order valence-corrected chi connectivity index (χ0v) is 15.2. The quantitative estimate of drug-likeness (QED) is 0.880. The van der Waals surface area contributed by atoms with Crippen molar-refractivity contribution in [1.29, 1.82) is 0 Å². The highest BCUT2D eigenvalue weighted by Crippen LogP contribution is 2.30. The summed E-state index contributed by atoms with van der Waals surface area (Å²) in [6.07, 6.45) is 1.09. The molecule has 0 saturated carbocycles. The average molecular weight is 370 g/mol. The predicted octanol–water partition coefficient (Wildman–Crippen LogP) is 1.85. The Morgan fingerprint density at radius 1 is 1.42 bits per heavy atom. The van der Waals surface area contributed by atoms with Gasteiger partial charge in [0.25, 0.3) is 0 Å². The fourth-order valence-electron chi connectivity index (χ4n) is 2.85. The molecule has 8 nitrogen and oxygen atoms in total. The van der Waals surface area contributed by atoms with Gasteiger partial charge in [-0.15, -0.1) is 11.3 Å². The summed E-state index contributed by atoms with van der Waals surface area (Å²) in [6, 6.07) is -0.757. The summed E-state index contributed by atoms with van der Waals surface area (Å²) in [5, 5.41) is 8.70. The summed E-state index contributed by atoms with van der Waals surface area (Å²) in [7, 11) is -3.84. The Bertz CT molecular complexity index is 852. The van der Waals surface area contributed by atoms with Crippen molar-refractivity contribution in [3.63, 3.8) is 0 Å². The number of carbonyl (C=O) groups excluding carboxylic acids is 1. The van der Waals surface area contributed by atoms with Crippen LogP contribution < -0.4 is 5.32 Å². The zero-order chi connectivity index (χ0) is 17.5. The number of carbonyl (C=O) groups is 1. The minimum atomic E-state index is -3.84. The lowest BCUT2D eigenvalue weighted by atomic mass is 10.2. The highest BCUT2D eigenvalue weighted by atomic mass is 32.2. The third-order valence-electron chi connectivity index (χ3n) is 3.89. The highest BCUT2D eigenvalue weighted by Gasteiger charge is 2.42. The maximum atomic E-state index is 12.9. The molecule has 1 aliphatic heterocycles. The average Bonchev–Trinajstić information content (AvgIpc) is 3.20. The molecule has 3 heterocycles. The van der Waals surface area contributed by atoms with Crippen LogP contribution in [0.5, 0.6) is 0 Å². The molecule has 10 heteroatoms. The monoisotopic (exact) mass is 370 g/mol. The lowest BCUT2D eigenvalue weighted by molar-refractivity contribution is -0.119. The molecular weight excluding hydrogens is 352 g/mol. The summed E-state index contributed by atoms with van der Waals surface area (Å²) in [4.78, 5) is 16.8. The smallest absolute Gasteiger partial charge is 0.249 e. The number of rotatable bonds is 4. The molecule has 1 fully saturated rings. The summed E-state index contributed by atoms with van der Waals surface area (Å²) in [5.41, 5.74) is 1.11. The lowest BCUT2D eigenvalue weighted by Crippen LogP contribution is -2.43. The fourth-order valence-corrected chi connectivity index (χ4v) is 5.49. The van der Waals surface area contributed by atoms with Crippen molar-refractivity contribution in [1.82, 2.24) is 14.4 Å². The molecule has 0 aliphatic carbocycles. The van der Waals surface area contributed by atoms with E-state index >= 15 is 0 Å². The first-order chi connectivity index (χ1) is 11.3. The van der Waals surface area contributed by atoms with E-state index in [-0.39, 0.29) is 16.6 Å². The first-order valence-electron chi connectivity index (χ1n) is 7.48. The molecule has 2 aromatic heterocycles. The molecule has 24 heavy (non-hydrogen) atoms. The van der Waals surface area contributed by atoms with E-state index in [0.29, 0.717) is 30.2 Å². The number of hydrogen-bond donors (Lipinski definition) is 1. The van der Waals surface area contributed by atoms with Gasteiger partial charge in [0.2, 0.25) is 15.9 Å². The second-order valence-electron chi connectivity index (χ2n) is 5.71. The molecule has 2 aromatic rings. The van der Waals surface area contributed by atoms with Crippen LogP contribution in [0.15, 0.2) is 14.8 Å². The first kappa shape index (κ1) is 17.1. The van der Waals surface area contributed by atoms with Crippen molar-refractivity contribution in [3.8, 4) is 0 Å². The van der Waals surface area contributed by atoms with E-state index in [1.54, 1.807) is 13.8 Å². The molecule has 0 bridgehead atoms. The standard InChI is InChI=1S/C14H18N4O4S2/c1-8-7-23-14(15-8)16-13(19)11-5-4-6-18(11)24(20,21)12-9(2)17-22-10(12)3/h7,11H,4-6H2,1-3H3,(H,15,16,19)/t11-/m0/s1. The van der Waals surface area contributed by atoms with Crippen LogP contribution in [0.3, 0.4) is 0 Å². The zero-order valence-electron chi connectivity index (χ0n) is 13.6. The van der Waals surface area contributed by atoms with Crippen molar-refractivity contribution in [2.45, 2.75) is 44.6 Å². The molecule has 0 unspecified atom stereocenters. The van der Waals surface area contributed by atoms with Gasteiger partial charge < -0.3 is 9.84 Å². The molecule has 1 saturated heterocycles. The van der Waals surface area contributed by atoms with Crippen molar-refractivity contribution in [2.24, 2.45) is 0 Å². The van der Waals surface area contributed by atoms with Gasteiger partial charge in [-0.25, -0.2) is 13.4 Å². The number of nitrogens with zero attached hydrogens (tertiary/aromatic N) is 3. The number of thiazole rings is 1. The van der Waals surface area contributed by atoms with Gasteiger partial charge in [-0.3, -0.25) is 4.79 Å². The van der Waals surface area contributed by atoms with Crippen molar-refractivity contribution < 1.29 is 17.7 Å². The van der Waals surface area contributed by atoms with E-state index in [2.05, 4.69) is 15.5 Å². The minimum Gasteiger partial charge on any atom is -0.360 e. The summed E-state index contributed by atoms with van der Waals surface area (Å²) >= 11 is 1.31. The van der Waals surface area contributed by atoms with Crippen LogP contribution in [0.2, 0.25) is 0 Å². The normalized spacial score (nSPS) is 18.9. The largest absolute Gasteiger partial charge is 0.360 e.